The number of anilines is 1. The Balaban J connectivity index is 2.59. The van der Waals surface area contributed by atoms with Gasteiger partial charge in [-0.05, 0) is 49.7 Å². The monoisotopic (exact) mass is 328 g/mol. The molecule has 0 saturated carbocycles. The second kappa shape index (κ2) is 8.85. The van der Waals surface area contributed by atoms with Crippen LogP contribution in [0.25, 0.3) is 0 Å². The highest BCUT2D eigenvalue weighted by molar-refractivity contribution is 7.80. The molecular weight excluding hydrogens is 308 g/mol. The van der Waals surface area contributed by atoms with Gasteiger partial charge in [0.1, 0.15) is 0 Å². The first-order valence-electron chi connectivity index (χ1n) is 6.95. The smallest absolute Gasteiger partial charge is 0.339 e. The second-order valence-corrected chi connectivity index (χ2v) is 5.79. The summed E-state index contributed by atoms with van der Waals surface area (Å²) >= 11 is 11.3. The zero-order chi connectivity index (χ0) is 15.8. The molecule has 0 bridgehead atoms. The quantitative estimate of drug-likeness (QED) is 0.613. The highest BCUT2D eigenvalue weighted by Crippen LogP contribution is 2.21. The summed E-state index contributed by atoms with van der Waals surface area (Å²) in [5.41, 5.74) is 1.08. The predicted molar refractivity (Wildman–Crippen MR) is 91.1 cm³/mol. The summed E-state index contributed by atoms with van der Waals surface area (Å²) < 4.78 is 4.92. The molecule has 1 rings (SSSR count). The van der Waals surface area contributed by atoms with Crippen molar-refractivity contribution in [3.05, 3.63) is 28.8 Å². The molecular formula is C15H21ClN2O2S. The normalized spacial score (nSPS) is 10.3. The first-order valence-corrected chi connectivity index (χ1v) is 7.74. The molecule has 1 aromatic carbocycles. The molecule has 0 spiro atoms. The highest BCUT2D eigenvalue weighted by atomic mass is 35.5. The van der Waals surface area contributed by atoms with Crippen molar-refractivity contribution in [3.63, 3.8) is 0 Å². The van der Waals surface area contributed by atoms with Crippen LogP contribution in [0.2, 0.25) is 5.02 Å². The maximum absolute atomic E-state index is 11.6. The van der Waals surface area contributed by atoms with E-state index < -0.39 is 5.97 Å². The SMILES string of the molecule is CCOC(=O)c1ccc(NC(=S)NCCC(C)C)cc1Cl. The summed E-state index contributed by atoms with van der Waals surface area (Å²) in [6.07, 6.45) is 1.05. The van der Waals surface area contributed by atoms with Crippen molar-refractivity contribution in [1.29, 1.82) is 0 Å². The maximum atomic E-state index is 11.6. The molecule has 0 unspecified atom stereocenters. The molecule has 0 aliphatic rings. The van der Waals surface area contributed by atoms with Crippen LogP contribution in [0.4, 0.5) is 5.69 Å². The number of thiocarbonyl (C=S) groups is 1. The van der Waals surface area contributed by atoms with Crippen LogP contribution in [-0.2, 0) is 4.74 Å². The molecule has 116 valence electrons. The van der Waals surface area contributed by atoms with Crippen molar-refractivity contribution in [2.75, 3.05) is 18.5 Å². The van der Waals surface area contributed by atoms with Crippen molar-refractivity contribution in [2.24, 2.45) is 5.92 Å². The van der Waals surface area contributed by atoms with Crippen molar-refractivity contribution in [2.45, 2.75) is 27.2 Å². The lowest BCUT2D eigenvalue weighted by Gasteiger charge is -2.12. The second-order valence-electron chi connectivity index (χ2n) is 4.98. The number of ether oxygens (including phenoxy) is 1. The van der Waals surface area contributed by atoms with Gasteiger partial charge in [0.05, 0.1) is 17.2 Å². The van der Waals surface area contributed by atoms with Crippen molar-refractivity contribution in [3.8, 4) is 0 Å². The fraction of sp³-hybridized carbons (Fsp3) is 0.467. The zero-order valence-corrected chi connectivity index (χ0v) is 14.1. The Labute approximate surface area is 136 Å². The van der Waals surface area contributed by atoms with Crippen LogP contribution in [0.5, 0.6) is 0 Å². The summed E-state index contributed by atoms with van der Waals surface area (Å²) in [7, 11) is 0. The lowest BCUT2D eigenvalue weighted by molar-refractivity contribution is 0.0526. The number of carbonyl (C=O) groups excluding carboxylic acids is 1. The van der Waals surface area contributed by atoms with E-state index in [1.54, 1.807) is 25.1 Å². The Morgan fingerprint density at radius 1 is 1.43 bits per heavy atom. The van der Waals surface area contributed by atoms with Crippen LogP contribution < -0.4 is 10.6 Å². The molecule has 0 fully saturated rings. The minimum Gasteiger partial charge on any atom is -0.462 e. The van der Waals surface area contributed by atoms with Gasteiger partial charge in [-0.15, -0.1) is 0 Å². The summed E-state index contributed by atoms with van der Waals surface area (Å²) in [5.74, 6) is 0.199. The minimum atomic E-state index is -0.424. The van der Waals surface area contributed by atoms with Gasteiger partial charge in [0.25, 0.3) is 0 Å². The van der Waals surface area contributed by atoms with E-state index in [9.17, 15) is 4.79 Å². The van der Waals surface area contributed by atoms with Gasteiger partial charge < -0.3 is 15.4 Å². The first-order chi connectivity index (χ1) is 9.93. The number of esters is 1. The summed E-state index contributed by atoms with van der Waals surface area (Å²) in [6.45, 7) is 7.21. The Morgan fingerprint density at radius 3 is 2.71 bits per heavy atom. The zero-order valence-electron chi connectivity index (χ0n) is 12.5. The van der Waals surface area contributed by atoms with Gasteiger partial charge in [-0.3, -0.25) is 0 Å². The third-order valence-corrected chi connectivity index (χ3v) is 3.29. The summed E-state index contributed by atoms with van der Waals surface area (Å²) in [4.78, 5) is 11.6. The van der Waals surface area contributed by atoms with Crippen molar-refractivity contribution >= 4 is 40.6 Å². The largest absolute Gasteiger partial charge is 0.462 e. The van der Waals surface area contributed by atoms with E-state index in [0.717, 1.165) is 18.7 Å². The fourth-order valence-electron chi connectivity index (χ4n) is 1.62. The Kier molecular flexibility index (Phi) is 7.47. The average molecular weight is 329 g/mol. The topological polar surface area (TPSA) is 50.4 Å². The lowest BCUT2D eigenvalue weighted by atomic mass is 10.1. The Hall–Kier alpha value is -1.33. The molecule has 0 amide bonds. The van der Waals surface area contributed by atoms with E-state index in [0.29, 0.717) is 28.2 Å². The van der Waals surface area contributed by atoms with Gasteiger partial charge in [-0.25, -0.2) is 4.79 Å². The van der Waals surface area contributed by atoms with Crippen LogP contribution in [0.15, 0.2) is 18.2 Å². The Morgan fingerprint density at radius 2 is 2.14 bits per heavy atom. The molecule has 0 saturated heterocycles. The van der Waals surface area contributed by atoms with Crippen LogP contribution in [0.1, 0.15) is 37.6 Å². The van der Waals surface area contributed by atoms with Crippen LogP contribution in [-0.4, -0.2) is 24.2 Å². The van der Waals surface area contributed by atoms with Gasteiger partial charge in [-0.2, -0.15) is 0 Å². The van der Waals surface area contributed by atoms with Gasteiger partial charge in [0, 0.05) is 12.2 Å². The number of benzene rings is 1. The molecule has 6 heteroatoms. The van der Waals surface area contributed by atoms with E-state index >= 15 is 0 Å². The fourth-order valence-corrected chi connectivity index (χ4v) is 2.09. The standard InChI is InChI=1S/C15H21ClN2O2S/c1-4-20-14(19)12-6-5-11(9-13(12)16)18-15(21)17-8-7-10(2)3/h5-6,9-10H,4,7-8H2,1-3H3,(H2,17,18,21). The van der Waals surface area contributed by atoms with Crippen LogP contribution >= 0.6 is 23.8 Å². The molecule has 21 heavy (non-hydrogen) atoms. The Bertz CT molecular complexity index is 506. The van der Waals surface area contributed by atoms with Crippen molar-refractivity contribution < 1.29 is 9.53 Å². The van der Waals surface area contributed by atoms with Gasteiger partial charge >= 0.3 is 5.97 Å². The van der Waals surface area contributed by atoms with Crippen LogP contribution in [0, 0.1) is 5.92 Å². The van der Waals surface area contributed by atoms with Gasteiger partial charge in [0.2, 0.25) is 0 Å². The number of hydrogen-bond acceptors (Lipinski definition) is 3. The lowest BCUT2D eigenvalue weighted by Crippen LogP contribution is -2.29. The first kappa shape index (κ1) is 17.7. The van der Waals surface area contributed by atoms with Crippen molar-refractivity contribution in [1.82, 2.24) is 5.32 Å². The van der Waals surface area contributed by atoms with Gasteiger partial charge in [-0.1, -0.05) is 25.4 Å². The number of nitrogens with one attached hydrogen (secondary N) is 2. The third kappa shape index (κ3) is 6.31. The average Bonchev–Trinajstić information content (AvgIpc) is 2.38. The molecule has 2 N–H and O–H groups in total. The molecule has 0 aromatic heterocycles. The molecule has 0 aliphatic carbocycles. The van der Waals surface area contributed by atoms with E-state index in [1.165, 1.54) is 0 Å². The number of carbonyl (C=O) groups is 1. The predicted octanol–water partition coefficient (Wildman–Crippen LogP) is 3.85. The number of halogens is 1. The number of rotatable bonds is 6. The molecule has 0 radical (unpaired) electrons. The van der Waals surface area contributed by atoms with Crippen LogP contribution in [0.3, 0.4) is 0 Å². The van der Waals surface area contributed by atoms with Gasteiger partial charge in [0.15, 0.2) is 5.11 Å². The summed E-state index contributed by atoms with van der Waals surface area (Å²) in [5, 5.41) is 7.04. The molecule has 0 aliphatic heterocycles. The third-order valence-electron chi connectivity index (χ3n) is 2.73. The highest BCUT2D eigenvalue weighted by Gasteiger charge is 2.12. The molecule has 1 aromatic rings. The maximum Gasteiger partial charge on any atom is 0.339 e. The minimum absolute atomic E-state index is 0.318. The van der Waals surface area contributed by atoms with E-state index in [1.807, 2.05) is 0 Å². The number of hydrogen-bond donors (Lipinski definition) is 2. The molecule has 0 atom stereocenters. The molecule has 4 nitrogen and oxygen atoms in total. The van der Waals surface area contributed by atoms with E-state index in [-0.39, 0.29) is 0 Å². The van der Waals surface area contributed by atoms with E-state index in [4.69, 9.17) is 28.6 Å². The summed E-state index contributed by atoms with van der Waals surface area (Å²) in [6, 6.07) is 5.03. The molecule has 0 heterocycles. The van der Waals surface area contributed by atoms with E-state index in [2.05, 4.69) is 24.5 Å².